The minimum atomic E-state index is -0.911. The van der Waals surface area contributed by atoms with Gasteiger partial charge in [0.25, 0.3) is 0 Å². The van der Waals surface area contributed by atoms with Crippen LogP contribution >= 0.6 is 45.9 Å². The first kappa shape index (κ1) is 16.4. The topological polar surface area (TPSA) is 40.5 Å². The van der Waals surface area contributed by atoms with Crippen LogP contribution < -0.4 is 0 Å². The fourth-order valence-corrected chi connectivity index (χ4v) is 4.18. The second-order valence-electron chi connectivity index (χ2n) is 4.56. The van der Waals surface area contributed by atoms with Gasteiger partial charge in [0.05, 0.1) is 8.67 Å². The largest absolute Gasteiger partial charge is 0.481 e. The second kappa shape index (κ2) is 6.83. The van der Waals surface area contributed by atoms with Crippen molar-refractivity contribution in [2.24, 2.45) is 0 Å². The number of halogens is 2. The van der Waals surface area contributed by atoms with Gasteiger partial charge in [0, 0.05) is 35.6 Å². The van der Waals surface area contributed by atoms with Crippen molar-refractivity contribution in [3.05, 3.63) is 48.9 Å². The highest BCUT2D eigenvalue weighted by Gasteiger charge is 2.28. The summed E-state index contributed by atoms with van der Waals surface area (Å²) in [6, 6.07) is 7.08. The molecule has 2 heterocycles. The molecule has 0 amide bonds. The average molecular weight is 362 g/mol. The van der Waals surface area contributed by atoms with Crippen LogP contribution in [0.2, 0.25) is 8.67 Å². The molecule has 0 fully saturated rings. The molecule has 3 nitrogen and oxygen atoms in total. The summed E-state index contributed by atoms with van der Waals surface area (Å²) < 4.78 is 1.20. The second-order valence-corrected chi connectivity index (χ2v) is 8.03. The van der Waals surface area contributed by atoms with Crippen LogP contribution in [0.1, 0.15) is 15.7 Å². The fraction of sp³-hybridized carbons (Fsp3) is 0.214. The van der Waals surface area contributed by atoms with E-state index in [-0.39, 0.29) is 0 Å². The molecule has 0 aromatic carbocycles. The van der Waals surface area contributed by atoms with Gasteiger partial charge in [0.1, 0.15) is 5.92 Å². The fourth-order valence-electron chi connectivity index (χ4n) is 1.92. The Bertz CT molecular complexity index is 676. The van der Waals surface area contributed by atoms with Gasteiger partial charge in [0.15, 0.2) is 0 Å². The van der Waals surface area contributed by atoms with E-state index < -0.39 is 11.9 Å². The molecule has 0 bridgehead atoms. The normalized spacial score (nSPS) is 13.2. The van der Waals surface area contributed by atoms with Crippen molar-refractivity contribution in [2.75, 3.05) is 14.1 Å². The number of thiophene rings is 2. The first-order valence-corrected chi connectivity index (χ1v) is 8.39. The van der Waals surface area contributed by atoms with E-state index in [1.807, 2.05) is 31.3 Å². The van der Waals surface area contributed by atoms with Crippen LogP contribution in [-0.2, 0) is 4.79 Å². The SMILES string of the molecule is CN(C)C=C(c1ccc(Cl)s1)C(C(=O)O)c1ccc(Cl)s1. The molecular weight excluding hydrogens is 349 g/mol. The molecule has 112 valence electrons. The zero-order chi connectivity index (χ0) is 15.6. The zero-order valence-corrected chi connectivity index (χ0v) is 14.5. The van der Waals surface area contributed by atoms with Gasteiger partial charge >= 0.3 is 5.97 Å². The quantitative estimate of drug-likeness (QED) is 0.824. The summed E-state index contributed by atoms with van der Waals surface area (Å²) in [5, 5.41) is 9.66. The Balaban J connectivity index is 2.54. The third-order valence-corrected chi connectivity index (χ3v) is 5.27. The van der Waals surface area contributed by atoms with Gasteiger partial charge in [-0.3, -0.25) is 4.79 Å². The van der Waals surface area contributed by atoms with E-state index in [0.717, 1.165) is 4.88 Å². The number of hydrogen-bond donors (Lipinski definition) is 1. The summed E-state index contributed by atoms with van der Waals surface area (Å²) in [4.78, 5) is 15.2. The third kappa shape index (κ3) is 4.01. The molecule has 7 heteroatoms. The van der Waals surface area contributed by atoms with Crippen molar-refractivity contribution >= 4 is 57.4 Å². The van der Waals surface area contributed by atoms with E-state index >= 15 is 0 Å². The predicted octanol–water partition coefficient (Wildman–Crippen LogP) is 4.89. The van der Waals surface area contributed by atoms with E-state index in [1.54, 1.807) is 18.2 Å². The predicted molar refractivity (Wildman–Crippen MR) is 90.7 cm³/mol. The molecule has 0 radical (unpaired) electrons. The number of carbonyl (C=O) groups is 1. The molecule has 1 unspecified atom stereocenters. The van der Waals surface area contributed by atoms with E-state index in [1.165, 1.54) is 22.7 Å². The lowest BCUT2D eigenvalue weighted by Crippen LogP contribution is -2.14. The minimum absolute atomic E-state index is 0.574. The van der Waals surface area contributed by atoms with Gasteiger partial charge in [-0.25, -0.2) is 0 Å². The van der Waals surface area contributed by atoms with Crippen LogP contribution in [0.4, 0.5) is 0 Å². The summed E-state index contributed by atoms with van der Waals surface area (Å²) in [6.07, 6.45) is 1.81. The van der Waals surface area contributed by atoms with Gasteiger partial charge in [-0.2, -0.15) is 0 Å². The lowest BCUT2D eigenvalue weighted by molar-refractivity contribution is -0.137. The molecule has 1 atom stereocenters. The first-order chi connectivity index (χ1) is 9.88. The maximum atomic E-state index is 11.8. The van der Waals surface area contributed by atoms with Crippen LogP contribution in [0.3, 0.4) is 0 Å². The number of rotatable bonds is 5. The first-order valence-electron chi connectivity index (χ1n) is 6.00. The molecule has 1 N–H and O–H groups in total. The summed E-state index contributed by atoms with van der Waals surface area (Å²) in [5.74, 6) is -1.68. The standard InChI is InChI=1S/C14H13Cl2NO2S2/c1-17(2)7-8(9-3-5-11(15)20-9)13(14(18)19)10-4-6-12(16)21-10/h3-7,13H,1-2H3,(H,18,19). The number of carboxylic acid groups (broad SMARTS) is 1. The van der Waals surface area contributed by atoms with Gasteiger partial charge in [-0.15, -0.1) is 22.7 Å². The molecule has 0 aliphatic heterocycles. The maximum absolute atomic E-state index is 11.8. The molecule has 0 aliphatic carbocycles. The number of nitrogens with zero attached hydrogens (tertiary/aromatic N) is 1. The van der Waals surface area contributed by atoms with Crippen LogP contribution in [0.15, 0.2) is 30.5 Å². The molecule has 21 heavy (non-hydrogen) atoms. The molecule has 0 saturated heterocycles. The van der Waals surface area contributed by atoms with Crippen molar-refractivity contribution in [1.29, 1.82) is 0 Å². The summed E-state index contributed by atoms with van der Waals surface area (Å²) >= 11 is 14.6. The van der Waals surface area contributed by atoms with Gasteiger partial charge < -0.3 is 10.0 Å². The summed E-state index contributed by atoms with van der Waals surface area (Å²) in [5.41, 5.74) is 0.697. The van der Waals surface area contributed by atoms with Gasteiger partial charge in [0.2, 0.25) is 0 Å². The Kier molecular flexibility index (Phi) is 5.32. The highest BCUT2D eigenvalue weighted by molar-refractivity contribution is 7.17. The molecule has 2 rings (SSSR count). The molecule has 0 aliphatic rings. The molecule has 2 aromatic heterocycles. The van der Waals surface area contributed by atoms with Crippen molar-refractivity contribution in [3.8, 4) is 0 Å². The smallest absolute Gasteiger partial charge is 0.316 e. The van der Waals surface area contributed by atoms with E-state index in [0.29, 0.717) is 19.1 Å². The van der Waals surface area contributed by atoms with Gasteiger partial charge in [-0.1, -0.05) is 23.2 Å². The Morgan fingerprint density at radius 1 is 1.19 bits per heavy atom. The highest BCUT2D eigenvalue weighted by atomic mass is 35.5. The highest BCUT2D eigenvalue weighted by Crippen LogP contribution is 2.40. The van der Waals surface area contributed by atoms with E-state index in [2.05, 4.69) is 0 Å². The molecule has 0 spiro atoms. The van der Waals surface area contributed by atoms with Crippen LogP contribution in [0.25, 0.3) is 5.57 Å². The van der Waals surface area contributed by atoms with Crippen molar-refractivity contribution in [3.63, 3.8) is 0 Å². The number of aliphatic carboxylic acids is 1. The Labute approximate surface area is 141 Å². The minimum Gasteiger partial charge on any atom is -0.481 e. The Morgan fingerprint density at radius 3 is 2.24 bits per heavy atom. The number of hydrogen-bond acceptors (Lipinski definition) is 4. The molecule has 2 aromatic rings. The van der Waals surface area contributed by atoms with Crippen molar-refractivity contribution < 1.29 is 9.90 Å². The van der Waals surface area contributed by atoms with Crippen LogP contribution in [-0.4, -0.2) is 30.1 Å². The van der Waals surface area contributed by atoms with Crippen molar-refractivity contribution in [2.45, 2.75) is 5.92 Å². The van der Waals surface area contributed by atoms with Crippen LogP contribution in [0, 0.1) is 0 Å². The molecule has 0 saturated carbocycles. The maximum Gasteiger partial charge on any atom is 0.316 e. The van der Waals surface area contributed by atoms with E-state index in [4.69, 9.17) is 23.2 Å². The average Bonchev–Trinajstić information content (AvgIpc) is 2.97. The Morgan fingerprint density at radius 2 is 1.81 bits per heavy atom. The summed E-state index contributed by atoms with van der Waals surface area (Å²) in [6.45, 7) is 0. The zero-order valence-electron chi connectivity index (χ0n) is 11.3. The Hall–Kier alpha value is -1.01. The van der Waals surface area contributed by atoms with Gasteiger partial charge in [-0.05, 0) is 24.3 Å². The van der Waals surface area contributed by atoms with E-state index in [9.17, 15) is 9.90 Å². The monoisotopic (exact) mass is 361 g/mol. The summed E-state index contributed by atoms with van der Waals surface area (Å²) in [7, 11) is 3.71. The lowest BCUT2D eigenvalue weighted by atomic mass is 9.96. The lowest BCUT2D eigenvalue weighted by Gasteiger charge is -2.17. The third-order valence-electron chi connectivity index (χ3n) is 2.69. The van der Waals surface area contributed by atoms with Crippen molar-refractivity contribution in [1.82, 2.24) is 4.90 Å². The number of carboxylic acids is 1. The van der Waals surface area contributed by atoms with Crippen LogP contribution in [0.5, 0.6) is 0 Å². The molecular formula is C14H13Cl2NO2S2.